The Morgan fingerprint density at radius 3 is 2.43 bits per heavy atom. The molecule has 0 aliphatic carbocycles. The van der Waals surface area contributed by atoms with Crippen LogP contribution in [0.1, 0.15) is 25.3 Å². The highest BCUT2D eigenvalue weighted by Gasteiger charge is 2.31. The van der Waals surface area contributed by atoms with Crippen molar-refractivity contribution in [2.45, 2.75) is 19.8 Å². The third-order valence-corrected chi connectivity index (χ3v) is 4.79. The summed E-state index contributed by atoms with van der Waals surface area (Å²) in [5.74, 6) is 0.427. The molecule has 0 unspecified atom stereocenters. The lowest BCUT2D eigenvalue weighted by atomic mass is 10.1. The number of rotatable bonds is 6. The summed E-state index contributed by atoms with van der Waals surface area (Å²) in [7, 11) is 2.92. The first kappa shape index (κ1) is 17.6. The first-order valence-electron chi connectivity index (χ1n) is 7.22. The van der Waals surface area contributed by atoms with Gasteiger partial charge in [-0.2, -0.15) is 0 Å². The predicted octanol–water partition coefficient (Wildman–Crippen LogP) is 3.41. The molecule has 23 heavy (non-hydrogen) atoms. The maximum Gasteiger partial charge on any atom is 0.266 e. The molecule has 1 amide bonds. The van der Waals surface area contributed by atoms with Gasteiger partial charge < -0.3 is 14.6 Å². The smallest absolute Gasteiger partial charge is 0.266 e. The molecule has 1 N–H and O–H groups in total. The molecule has 1 fully saturated rings. The second-order valence-corrected chi connectivity index (χ2v) is 6.64. The number of methoxy groups -OCH3 is 2. The molecule has 1 aliphatic heterocycles. The Morgan fingerprint density at radius 1 is 1.30 bits per heavy atom. The molecular formula is C16H19NO4S2. The van der Waals surface area contributed by atoms with Crippen LogP contribution in [-0.2, 0) is 4.79 Å². The number of nitrogens with zero attached hydrogens (tertiary/aromatic N) is 1. The van der Waals surface area contributed by atoms with E-state index in [1.54, 1.807) is 23.1 Å². The van der Waals surface area contributed by atoms with Crippen molar-refractivity contribution in [2.75, 3.05) is 20.8 Å². The van der Waals surface area contributed by atoms with Crippen LogP contribution in [0.25, 0.3) is 6.08 Å². The van der Waals surface area contributed by atoms with E-state index >= 15 is 0 Å². The summed E-state index contributed by atoms with van der Waals surface area (Å²) < 4.78 is 10.8. The van der Waals surface area contributed by atoms with E-state index in [4.69, 9.17) is 21.7 Å². The fourth-order valence-corrected chi connectivity index (χ4v) is 3.47. The van der Waals surface area contributed by atoms with Crippen molar-refractivity contribution in [2.24, 2.45) is 0 Å². The van der Waals surface area contributed by atoms with Crippen LogP contribution < -0.4 is 9.47 Å². The Kier molecular flexibility index (Phi) is 5.90. The normalized spacial score (nSPS) is 16.3. The second kappa shape index (κ2) is 7.70. The minimum absolute atomic E-state index is 0.0670. The monoisotopic (exact) mass is 353 g/mol. The van der Waals surface area contributed by atoms with Crippen LogP contribution in [0, 0.1) is 0 Å². The molecule has 0 bridgehead atoms. The van der Waals surface area contributed by atoms with Gasteiger partial charge in [0.05, 0.1) is 19.1 Å². The summed E-state index contributed by atoms with van der Waals surface area (Å²) in [6.45, 7) is 2.71. The number of carbonyl (C=O) groups excluding carboxylic acids is 1. The number of hydrogen-bond donors (Lipinski definition) is 1. The highest BCUT2D eigenvalue weighted by molar-refractivity contribution is 8.26. The third-order valence-electron chi connectivity index (χ3n) is 3.41. The van der Waals surface area contributed by atoms with Gasteiger partial charge in [0, 0.05) is 6.54 Å². The molecule has 0 spiro atoms. The zero-order valence-electron chi connectivity index (χ0n) is 13.3. The fourth-order valence-electron chi connectivity index (χ4n) is 2.16. The number of phenolic OH excluding ortho intramolecular Hbond substituents is 1. The maximum atomic E-state index is 12.4. The zero-order valence-corrected chi connectivity index (χ0v) is 14.9. The van der Waals surface area contributed by atoms with Gasteiger partial charge in [0.1, 0.15) is 4.32 Å². The number of amides is 1. The van der Waals surface area contributed by atoms with Crippen LogP contribution in [0.15, 0.2) is 17.0 Å². The van der Waals surface area contributed by atoms with E-state index in [0.29, 0.717) is 21.3 Å². The number of thiocarbonyl (C=S) groups is 1. The second-order valence-electron chi connectivity index (χ2n) is 4.96. The van der Waals surface area contributed by atoms with E-state index in [2.05, 4.69) is 6.92 Å². The molecule has 0 aromatic heterocycles. The molecule has 1 heterocycles. The Balaban J connectivity index is 2.32. The van der Waals surface area contributed by atoms with Crippen LogP contribution in [-0.4, -0.2) is 41.0 Å². The quantitative estimate of drug-likeness (QED) is 0.625. The zero-order chi connectivity index (χ0) is 17.0. The standard InChI is InChI=1S/C16H19NO4S2/c1-4-5-6-17-15(19)13(23-16(17)22)9-10-7-11(20-2)14(18)12(8-10)21-3/h7-9,18H,4-6H2,1-3H3/b13-9+. The van der Waals surface area contributed by atoms with Crippen LogP contribution in [0.2, 0.25) is 0 Å². The Hall–Kier alpha value is -1.73. The Bertz CT molecular complexity index is 632. The third kappa shape index (κ3) is 3.79. The molecule has 0 radical (unpaired) electrons. The van der Waals surface area contributed by atoms with E-state index < -0.39 is 0 Å². The molecule has 1 saturated heterocycles. The first-order chi connectivity index (χ1) is 11.0. The predicted molar refractivity (Wildman–Crippen MR) is 96.0 cm³/mol. The van der Waals surface area contributed by atoms with E-state index in [9.17, 15) is 9.90 Å². The summed E-state index contributed by atoms with van der Waals surface area (Å²) in [5.41, 5.74) is 0.701. The maximum absolute atomic E-state index is 12.4. The van der Waals surface area contributed by atoms with Crippen LogP contribution in [0.5, 0.6) is 17.2 Å². The fraction of sp³-hybridized carbons (Fsp3) is 0.375. The number of aromatic hydroxyl groups is 1. The minimum atomic E-state index is -0.0838. The average molecular weight is 353 g/mol. The number of benzene rings is 1. The number of hydrogen-bond acceptors (Lipinski definition) is 6. The van der Waals surface area contributed by atoms with Gasteiger partial charge in [0.15, 0.2) is 11.5 Å². The molecule has 1 aromatic carbocycles. The van der Waals surface area contributed by atoms with E-state index in [1.165, 1.54) is 26.0 Å². The molecule has 0 saturated carbocycles. The van der Waals surface area contributed by atoms with Crippen molar-refractivity contribution in [3.8, 4) is 17.2 Å². The summed E-state index contributed by atoms with van der Waals surface area (Å²) >= 11 is 6.56. The summed E-state index contributed by atoms with van der Waals surface area (Å²) in [6, 6.07) is 3.30. The van der Waals surface area contributed by atoms with Gasteiger partial charge in [-0.3, -0.25) is 9.69 Å². The first-order valence-corrected chi connectivity index (χ1v) is 8.44. The van der Waals surface area contributed by atoms with Crippen molar-refractivity contribution in [3.63, 3.8) is 0 Å². The van der Waals surface area contributed by atoms with Crippen LogP contribution in [0.4, 0.5) is 0 Å². The van der Waals surface area contributed by atoms with Gasteiger partial charge in [-0.05, 0) is 30.2 Å². The number of phenols is 1. The Morgan fingerprint density at radius 2 is 1.91 bits per heavy atom. The van der Waals surface area contributed by atoms with Gasteiger partial charge in [-0.15, -0.1) is 0 Å². The van der Waals surface area contributed by atoms with Crippen molar-refractivity contribution < 1.29 is 19.4 Å². The molecule has 1 aromatic rings. The lowest BCUT2D eigenvalue weighted by molar-refractivity contribution is -0.122. The van der Waals surface area contributed by atoms with Gasteiger partial charge >= 0.3 is 0 Å². The van der Waals surface area contributed by atoms with Crippen LogP contribution >= 0.6 is 24.0 Å². The topological polar surface area (TPSA) is 59.0 Å². The highest BCUT2D eigenvalue weighted by atomic mass is 32.2. The highest BCUT2D eigenvalue weighted by Crippen LogP contribution is 2.39. The van der Waals surface area contributed by atoms with Crippen molar-refractivity contribution >= 4 is 40.3 Å². The van der Waals surface area contributed by atoms with Gasteiger partial charge in [-0.1, -0.05) is 37.3 Å². The molecule has 5 nitrogen and oxygen atoms in total. The van der Waals surface area contributed by atoms with Gasteiger partial charge in [-0.25, -0.2) is 0 Å². The number of unbranched alkanes of at least 4 members (excludes halogenated alkanes) is 1. The summed E-state index contributed by atoms with van der Waals surface area (Å²) in [4.78, 5) is 14.6. The molecule has 1 aliphatic rings. The SMILES string of the molecule is CCCCN1C(=O)/C(=C\c2cc(OC)c(O)c(OC)c2)SC1=S. The number of carbonyl (C=O) groups is 1. The summed E-state index contributed by atoms with van der Waals surface area (Å²) in [5, 5.41) is 9.94. The molecule has 124 valence electrons. The van der Waals surface area contributed by atoms with E-state index in [0.717, 1.165) is 12.8 Å². The van der Waals surface area contributed by atoms with Gasteiger partial charge in [0.25, 0.3) is 5.91 Å². The Labute approximate surface area is 145 Å². The van der Waals surface area contributed by atoms with Crippen molar-refractivity contribution in [3.05, 3.63) is 22.6 Å². The molecule has 7 heteroatoms. The molecular weight excluding hydrogens is 334 g/mol. The molecule has 0 atom stereocenters. The van der Waals surface area contributed by atoms with E-state index in [1.807, 2.05) is 0 Å². The van der Waals surface area contributed by atoms with Crippen molar-refractivity contribution in [1.82, 2.24) is 4.90 Å². The lowest BCUT2D eigenvalue weighted by Crippen LogP contribution is -2.28. The van der Waals surface area contributed by atoms with Crippen LogP contribution in [0.3, 0.4) is 0 Å². The lowest BCUT2D eigenvalue weighted by Gasteiger charge is -2.13. The van der Waals surface area contributed by atoms with E-state index in [-0.39, 0.29) is 23.2 Å². The number of thioether (sulfide) groups is 1. The largest absolute Gasteiger partial charge is 0.502 e. The van der Waals surface area contributed by atoms with Crippen molar-refractivity contribution in [1.29, 1.82) is 0 Å². The average Bonchev–Trinajstić information content (AvgIpc) is 2.80. The van der Waals surface area contributed by atoms with Gasteiger partial charge in [0.2, 0.25) is 5.75 Å². The number of ether oxygens (including phenoxy) is 2. The summed E-state index contributed by atoms with van der Waals surface area (Å²) in [6.07, 6.45) is 3.65. The molecule has 2 rings (SSSR count). The minimum Gasteiger partial charge on any atom is -0.502 e.